The highest BCUT2D eigenvalue weighted by Crippen LogP contribution is 2.34. The number of carboxylic acids is 1. The number of likely N-dealkylation sites (tertiary alicyclic amines) is 1. The van der Waals surface area contributed by atoms with Gasteiger partial charge in [0.2, 0.25) is 5.91 Å². The molecule has 0 aliphatic carbocycles. The zero-order chi connectivity index (χ0) is 16.3. The molecule has 1 amide bonds. The molecule has 2 rings (SSSR count). The molecule has 0 spiro atoms. The molecule has 1 aromatic heterocycles. The van der Waals surface area contributed by atoms with Gasteiger partial charge in [-0.15, -0.1) is 0 Å². The van der Waals surface area contributed by atoms with Crippen LogP contribution in [0.3, 0.4) is 0 Å². The van der Waals surface area contributed by atoms with Crippen molar-refractivity contribution in [3.05, 3.63) is 17.0 Å². The number of aromatic nitrogens is 1. The van der Waals surface area contributed by atoms with Crippen molar-refractivity contribution in [1.82, 2.24) is 10.1 Å². The van der Waals surface area contributed by atoms with E-state index in [1.54, 1.807) is 4.90 Å². The summed E-state index contributed by atoms with van der Waals surface area (Å²) in [4.78, 5) is 25.9. The summed E-state index contributed by atoms with van der Waals surface area (Å²) in [5.74, 6) is -0.240. The van der Waals surface area contributed by atoms with Crippen LogP contribution in [0.1, 0.15) is 56.0 Å². The molecule has 22 heavy (non-hydrogen) atoms. The molecule has 0 aromatic carbocycles. The van der Waals surface area contributed by atoms with Crippen LogP contribution in [0, 0.1) is 13.8 Å². The summed E-state index contributed by atoms with van der Waals surface area (Å²) in [5.41, 5.74) is 0.735. The number of aliphatic carboxylic acids is 1. The predicted octanol–water partition coefficient (Wildman–Crippen LogP) is 2.47. The van der Waals surface area contributed by atoms with Crippen molar-refractivity contribution >= 4 is 11.9 Å². The lowest BCUT2D eigenvalue weighted by atomic mass is 9.90. The lowest BCUT2D eigenvalue weighted by molar-refractivity contribution is -0.157. The average Bonchev–Trinajstić information content (AvgIpc) is 3.03. The molecule has 1 aliphatic heterocycles. The van der Waals surface area contributed by atoms with Gasteiger partial charge in [0, 0.05) is 18.5 Å². The van der Waals surface area contributed by atoms with Gasteiger partial charge in [-0.2, -0.15) is 0 Å². The number of carboxylic acid groups (broad SMARTS) is 1. The van der Waals surface area contributed by atoms with Crippen LogP contribution in [0.25, 0.3) is 0 Å². The minimum absolute atomic E-state index is 0.0895. The van der Waals surface area contributed by atoms with E-state index in [-0.39, 0.29) is 5.91 Å². The summed E-state index contributed by atoms with van der Waals surface area (Å²) in [6.45, 7) is 6.17. The third-order valence-corrected chi connectivity index (χ3v) is 4.62. The Kier molecular flexibility index (Phi) is 4.88. The van der Waals surface area contributed by atoms with Crippen LogP contribution in [0.4, 0.5) is 0 Å². The molecule has 0 radical (unpaired) electrons. The predicted molar refractivity (Wildman–Crippen MR) is 80.5 cm³/mol. The Morgan fingerprint density at radius 1 is 1.41 bits per heavy atom. The monoisotopic (exact) mass is 308 g/mol. The number of carbonyl (C=O) groups is 2. The molecule has 122 valence electrons. The topological polar surface area (TPSA) is 83.6 Å². The fourth-order valence-electron chi connectivity index (χ4n) is 3.47. The lowest BCUT2D eigenvalue weighted by Gasteiger charge is -2.34. The molecule has 1 fully saturated rings. The van der Waals surface area contributed by atoms with Crippen molar-refractivity contribution in [2.24, 2.45) is 0 Å². The smallest absolute Gasteiger partial charge is 0.329 e. The largest absolute Gasteiger partial charge is 0.479 e. The van der Waals surface area contributed by atoms with E-state index in [2.05, 4.69) is 5.16 Å². The standard InChI is InChI=1S/C16H24N2O4/c1-4-8-16(15(20)21)9-5-10-18(16)14(19)7-6-13-11(2)17-22-12(13)3/h4-10H2,1-3H3,(H,20,21)/t16-/m0/s1. The number of nitrogens with zero attached hydrogens (tertiary/aromatic N) is 2. The third kappa shape index (κ3) is 2.87. The van der Waals surface area contributed by atoms with Crippen LogP contribution >= 0.6 is 0 Å². The van der Waals surface area contributed by atoms with Crippen molar-refractivity contribution in [2.75, 3.05) is 6.54 Å². The molecule has 6 nitrogen and oxygen atoms in total. The summed E-state index contributed by atoms with van der Waals surface area (Å²) < 4.78 is 5.10. The molecule has 1 aromatic rings. The Labute approximate surface area is 130 Å². The highest BCUT2D eigenvalue weighted by Gasteiger charge is 2.48. The van der Waals surface area contributed by atoms with Gasteiger partial charge in [0.25, 0.3) is 0 Å². The summed E-state index contributed by atoms with van der Waals surface area (Å²) in [5, 5.41) is 13.5. The molecular weight excluding hydrogens is 284 g/mol. The van der Waals surface area contributed by atoms with E-state index in [9.17, 15) is 14.7 Å². The Morgan fingerprint density at radius 2 is 2.14 bits per heavy atom. The number of carbonyl (C=O) groups excluding carboxylic acids is 1. The van der Waals surface area contributed by atoms with Gasteiger partial charge in [0.1, 0.15) is 11.3 Å². The molecule has 2 heterocycles. The fourth-order valence-corrected chi connectivity index (χ4v) is 3.47. The molecule has 0 bridgehead atoms. The van der Waals surface area contributed by atoms with Gasteiger partial charge in [-0.05, 0) is 39.5 Å². The Bertz CT molecular complexity index is 547. The minimum Gasteiger partial charge on any atom is -0.479 e. The van der Waals surface area contributed by atoms with Gasteiger partial charge in [0.15, 0.2) is 0 Å². The van der Waals surface area contributed by atoms with Crippen LogP contribution < -0.4 is 0 Å². The zero-order valence-electron chi connectivity index (χ0n) is 13.5. The first-order valence-corrected chi connectivity index (χ1v) is 7.88. The SMILES string of the molecule is CCC[C@@]1(C(=O)O)CCCN1C(=O)CCc1c(C)noc1C. The quantitative estimate of drug-likeness (QED) is 0.872. The molecule has 1 atom stereocenters. The third-order valence-electron chi connectivity index (χ3n) is 4.62. The molecule has 1 aliphatic rings. The fraction of sp³-hybridized carbons (Fsp3) is 0.688. The maximum atomic E-state index is 12.6. The molecule has 0 saturated carbocycles. The van der Waals surface area contributed by atoms with Crippen molar-refractivity contribution in [2.45, 2.75) is 64.8 Å². The Morgan fingerprint density at radius 3 is 2.68 bits per heavy atom. The van der Waals surface area contributed by atoms with Gasteiger partial charge < -0.3 is 14.5 Å². The van der Waals surface area contributed by atoms with Crippen LogP contribution in [0.5, 0.6) is 0 Å². The van der Waals surface area contributed by atoms with Crippen LogP contribution in [0.15, 0.2) is 4.52 Å². The van der Waals surface area contributed by atoms with Crippen molar-refractivity contribution in [3.8, 4) is 0 Å². The molecule has 0 unspecified atom stereocenters. The second-order valence-corrected chi connectivity index (χ2v) is 6.04. The lowest BCUT2D eigenvalue weighted by Crippen LogP contribution is -2.53. The van der Waals surface area contributed by atoms with Gasteiger partial charge in [0.05, 0.1) is 5.69 Å². The Hall–Kier alpha value is -1.85. The minimum atomic E-state index is -1.01. The van der Waals surface area contributed by atoms with Crippen molar-refractivity contribution in [3.63, 3.8) is 0 Å². The summed E-state index contributed by atoms with van der Waals surface area (Å²) in [7, 11) is 0. The maximum Gasteiger partial charge on any atom is 0.329 e. The number of amides is 1. The first kappa shape index (κ1) is 16.5. The molecule has 6 heteroatoms. The molecule has 1 N–H and O–H groups in total. The average molecular weight is 308 g/mol. The number of hydrogen-bond acceptors (Lipinski definition) is 4. The Balaban J connectivity index is 2.09. The van der Waals surface area contributed by atoms with Crippen LogP contribution in [-0.4, -0.2) is 39.1 Å². The van der Waals surface area contributed by atoms with Gasteiger partial charge >= 0.3 is 5.97 Å². The van der Waals surface area contributed by atoms with E-state index in [1.807, 2.05) is 20.8 Å². The normalized spacial score (nSPS) is 21.3. The van der Waals surface area contributed by atoms with Gasteiger partial charge in [-0.25, -0.2) is 4.79 Å². The molecular formula is C16H24N2O4. The second kappa shape index (κ2) is 6.50. The van der Waals surface area contributed by atoms with E-state index < -0.39 is 11.5 Å². The number of aryl methyl sites for hydroxylation is 2. The number of rotatable bonds is 6. The molecule has 1 saturated heterocycles. The van der Waals surface area contributed by atoms with Gasteiger partial charge in [-0.3, -0.25) is 4.79 Å². The van der Waals surface area contributed by atoms with E-state index in [0.717, 1.165) is 29.9 Å². The highest BCUT2D eigenvalue weighted by atomic mass is 16.5. The van der Waals surface area contributed by atoms with E-state index in [4.69, 9.17) is 4.52 Å². The van der Waals surface area contributed by atoms with E-state index in [0.29, 0.717) is 32.2 Å². The first-order chi connectivity index (χ1) is 10.4. The van der Waals surface area contributed by atoms with Crippen molar-refractivity contribution < 1.29 is 19.2 Å². The zero-order valence-corrected chi connectivity index (χ0v) is 13.5. The highest BCUT2D eigenvalue weighted by molar-refractivity contribution is 5.87. The second-order valence-electron chi connectivity index (χ2n) is 6.04. The van der Waals surface area contributed by atoms with Crippen LogP contribution in [-0.2, 0) is 16.0 Å². The van der Waals surface area contributed by atoms with Crippen LogP contribution in [0.2, 0.25) is 0 Å². The van der Waals surface area contributed by atoms with Crippen molar-refractivity contribution in [1.29, 1.82) is 0 Å². The van der Waals surface area contributed by atoms with E-state index >= 15 is 0 Å². The van der Waals surface area contributed by atoms with E-state index in [1.165, 1.54) is 0 Å². The first-order valence-electron chi connectivity index (χ1n) is 7.88. The number of hydrogen-bond donors (Lipinski definition) is 1. The summed E-state index contributed by atoms with van der Waals surface area (Å²) >= 11 is 0. The van der Waals surface area contributed by atoms with Gasteiger partial charge in [-0.1, -0.05) is 18.5 Å². The summed E-state index contributed by atoms with van der Waals surface area (Å²) in [6, 6.07) is 0. The summed E-state index contributed by atoms with van der Waals surface area (Å²) in [6.07, 6.45) is 3.40. The maximum absolute atomic E-state index is 12.6.